The van der Waals surface area contributed by atoms with Gasteiger partial charge in [0.25, 0.3) is 0 Å². The van der Waals surface area contributed by atoms with E-state index in [4.69, 9.17) is 18.9 Å². The maximum Gasteiger partial charge on any atom is 0.409 e. The SMILES string of the molecule is COc1cc2c(cc1OC)C1CC(COC(=O)N3CCOCC3)C(CC(C)C)CN1CC2. The van der Waals surface area contributed by atoms with E-state index in [-0.39, 0.29) is 6.09 Å². The van der Waals surface area contributed by atoms with Gasteiger partial charge in [0.2, 0.25) is 0 Å². The van der Waals surface area contributed by atoms with Crippen LogP contribution in [0.3, 0.4) is 0 Å². The molecule has 1 aromatic rings. The molecule has 0 aromatic heterocycles. The van der Waals surface area contributed by atoms with Crippen LogP contribution < -0.4 is 9.47 Å². The second-order valence-electron chi connectivity index (χ2n) is 9.73. The molecule has 1 aromatic carbocycles. The number of carbonyl (C=O) groups excluding carboxylic acids is 1. The van der Waals surface area contributed by atoms with Crippen LogP contribution in [0.4, 0.5) is 4.79 Å². The fraction of sp³-hybridized carbons (Fsp3) is 0.720. The number of methoxy groups -OCH3 is 2. The highest BCUT2D eigenvalue weighted by molar-refractivity contribution is 5.67. The van der Waals surface area contributed by atoms with Crippen LogP contribution in [0, 0.1) is 17.8 Å². The van der Waals surface area contributed by atoms with Crippen molar-refractivity contribution >= 4 is 6.09 Å². The number of amides is 1. The lowest BCUT2D eigenvalue weighted by Crippen LogP contribution is -2.48. The van der Waals surface area contributed by atoms with Gasteiger partial charge in [-0.25, -0.2) is 4.79 Å². The van der Waals surface area contributed by atoms with Gasteiger partial charge in [0.05, 0.1) is 34.0 Å². The van der Waals surface area contributed by atoms with E-state index >= 15 is 0 Å². The van der Waals surface area contributed by atoms with Gasteiger partial charge in [-0.05, 0) is 60.3 Å². The van der Waals surface area contributed by atoms with Crippen LogP contribution in [0.15, 0.2) is 12.1 Å². The van der Waals surface area contributed by atoms with Crippen LogP contribution in [0.2, 0.25) is 0 Å². The molecule has 2 saturated heterocycles. The summed E-state index contributed by atoms with van der Waals surface area (Å²) in [5.74, 6) is 3.08. The van der Waals surface area contributed by atoms with Crippen LogP contribution in [-0.4, -0.2) is 76.1 Å². The van der Waals surface area contributed by atoms with Crippen LogP contribution in [-0.2, 0) is 15.9 Å². The Morgan fingerprint density at radius 1 is 1.09 bits per heavy atom. The molecule has 0 bridgehead atoms. The third-order valence-corrected chi connectivity index (χ3v) is 7.24. The number of benzene rings is 1. The van der Waals surface area contributed by atoms with E-state index in [1.165, 1.54) is 11.1 Å². The Morgan fingerprint density at radius 2 is 1.81 bits per heavy atom. The van der Waals surface area contributed by atoms with Crippen LogP contribution in [0.25, 0.3) is 0 Å². The Labute approximate surface area is 191 Å². The third kappa shape index (κ3) is 4.99. The zero-order chi connectivity index (χ0) is 22.7. The number of hydrogen-bond donors (Lipinski definition) is 0. The number of fused-ring (bicyclic) bond motifs is 3. The summed E-state index contributed by atoms with van der Waals surface area (Å²) in [6, 6.07) is 4.62. The summed E-state index contributed by atoms with van der Waals surface area (Å²) in [6.07, 6.45) is 2.98. The first-order chi connectivity index (χ1) is 15.5. The molecule has 7 nitrogen and oxygen atoms in total. The Hall–Kier alpha value is -1.99. The first kappa shape index (κ1) is 23.2. The van der Waals surface area contributed by atoms with E-state index in [2.05, 4.69) is 30.9 Å². The quantitative estimate of drug-likeness (QED) is 0.663. The molecule has 3 unspecified atom stereocenters. The lowest BCUT2D eigenvalue weighted by molar-refractivity contribution is -0.00681. The lowest BCUT2D eigenvalue weighted by Gasteiger charge is -2.47. The molecule has 0 N–H and O–H groups in total. The summed E-state index contributed by atoms with van der Waals surface area (Å²) in [5.41, 5.74) is 2.68. The molecule has 3 heterocycles. The summed E-state index contributed by atoms with van der Waals surface area (Å²) in [4.78, 5) is 17.0. The maximum atomic E-state index is 12.6. The van der Waals surface area contributed by atoms with Crippen molar-refractivity contribution in [2.24, 2.45) is 17.8 Å². The second-order valence-corrected chi connectivity index (χ2v) is 9.73. The van der Waals surface area contributed by atoms with Crippen molar-refractivity contribution in [1.29, 1.82) is 0 Å². The minimum atomic E-state index is -0.200. The summed E-state index contributed by atoms with van der Waals surface area (Å²) in [5, 5.41) is 0. The predicted octanol–water partition coefficient (Wildman–Crippen LogP) is 3.75. The van der Waals surface area contributed by atoms with Crippen LogP contribution in [0.1, 0.15) is 43.9 Å². The molecule has 7 heteroatoms. The molecular formula is C25H38N2O5. The molecule has 2 fully saturated rings. The molecule has 0 radical (unpaired) electrons. The van der Waals surface area contributed by atoms with Gasteiger partial charge in [-0.1, -0.05) is 13.8 Å². The molecule has 4 rings (SSSR count). The Bertz CT molecular complexity index is 793. The lowest BCUT2D eigenvalue weighted by atomic mass is 9.74. The normalized spacial score (nSPS) is 25.8. The number of hydrogen-bond acceptors (Lipinski definition) is 6. The van der Waals surface area contributed by atoms with Gasteiger partial charge < -0.3 is 23.8 Å². The molecule has 3 atom stereocenters. The minimum Gasteiger partial charge on any atom is -0.493 e. The van der Waals surface area contributed by atoms with Crippen molar-refractivity contribution in [3.63, 3.8) is 0 Å². The highest BCUT2D eigenvalue weighted by Crippen LogP contribution is 2.45. The van der Waals surface area contributed by atoms with E-state index in [1.807, 2.05) is 0 Å². The number of ether oxygens (including phenoxy) is 4. The van der Waals surface area contributed by atoms with Gasteiger partial charge in [0.1, 0.15) is 0 Å². The smallest absolute Gasteiger partial charge is 0.409 e. The zero-order valence-electron chi connectivity index (χ0n) is 20.0. The molecule has 3 aliphatic heterocycles. The van der Waals surface area contributed by atoms with E-state index in [1.54, 1.807) is 19.1 Å². The van der Waals surface area contributed by atoms with Crippen molar-refractivity contribution in [2.45, 2.75) is 39.2 Å². The Morgan fingerprint density at radius 3 is 2.50 bits per heavy atom. The molecule has 3 aliphatic rings. The third-order valence-electron chi connectivity index (χ3n) is 7.24. The summed E-state index contributed by atoms with van der Waals surface area (Å²) >= 11 is 0. The first-order valence-electron chi connectivity index (χ1n) is 12.0. The number of carbonyl (C=O) groups is 1. The molecule has 178 valence electrons. The second kappa shape index (κ2) is 10.3. The standard InChI is InChI=1S/C25H38N2O5/c1-17(2)11-19-15-27-6-5-18-13-23(29-3)24(30-4)14-21(18)22(27)12-20(19)16-32-25(28)26-7-9-31-10-8-26/h13-14,17,19-20,22H,5-12,15-16H2,1-4H3. The van der Waals surface area contributed by atoms with Crippen LogP contribution >= 0.6 is 0 Å². The van der Waals surface area contributed by atoms with Gasteiger partial charge in [-0.3, -0.25) is 4.90 Å². The highest BCUT2D eigenvalue weighted by Gasteiger charge is 2.40. The molecule has 1 amide bonds. The fourth-order valence-corrected chi connectivity index (χ4v) is 5.60. The van der Waals surface area contributed by atoms with Crippen LogP contribution in [0.5, 0.6) is 11.5 Å². The zero-order valence-corrected chi connectivity index (χ0v) is 20.0. The molecule has 0 spiro atoms. The number of rotatable bonds is 6. The van der Waals surface area contributed by atoms with E-state index < -0.39 is 0 Å². The number of nitrogens with zero attached hydrogens (tertiary/aromatic N) is 2. The molecule has 32 heavy (non-hydrogen) atoms. The van der Waals surface area contributed by atoms with E-state index in [9.17, 15) is 4.79 Å². The largest absolute Gasteiger partial charge is 0.493 e. The summed E-state index contributed by atoms with van der Waals surface area (Å²) in [6.45, 7) is 9.58. The summed E-state index contributed by atoms with van der Waals surface area (Å²) < 4.78 is 22.3. The first-order valence-corrected chi connectivity index (χ1v) is 12.0. The molecular weight excluding hydrogens is 408 g/mol. The van der Waals surface area contributed by atoms with E-state index in [0.717, 1.165) is 43.9 Å². The predicted molar refractivity (Wildman–Crippen MR) is 122 cm³/mol. The minimum absolute atomic E-state index is 0.200. The van der Waals surface area contributed by atoms with Crippen molar-refractivity contribution in [3.05, 3.63) is 23.3 Å². The Kier molecular flexibility index (Phi) is 7.46. The van der Waals surface area contributed by atoms with Gasteiger partial charge in [0, 0.05) is 32.2 Å². The van der Waals surface area contributed by atoms with Crippen molar-refractivity contribution in [1.82, 2.24) is 9.80 Å². The number of piperidine rings is 1. The van der Waals surface area contributed by atoms with Gasteiger partial charge in [-0.15, -0.1) is 0 Å². The number of morpholine rings is 1. The average molecular weight is 447 g/mol. The molecule has 0 aliphatic carbocycles. The van der Waals surface area contributed by atoms with E-state index in [0.29, 0.717) is 56.7 Å². The fourth-order valence-electron chi connectivity index (χ4n) is 5.60. The van der Waals surface area contributed by atoms with Crippen molar-refractivity contribution in [2.75, 3.05) is 60.2 Å². The van der Waals surface area contributed by atoms with Gasteiger partial charge in [-0.2, -0.15) is 0 Å². The Balaban J connectivity index is 1.51. The average Bonchev–Trinajstić information content (AvgIpc) is 2.81. The van der Waals surface area contributed by atoms with Gasteiger partial charge >= 0.3 is 6.09 Å². The molecule has 0 saturated carbocycles. The highest BCUT2D eigenvalue weighted by atomic mass is 16.6. The van der Waals surface area contributed by atoms with Gasteiger partial charge in [0.15, 0.2) is 11.5 Å². The maximum absolute atomic E-state index is 12.6. The summed E-state index contributed by atoms with van der Waals surface area (Å²) in [7, 11) is 3.38. The topological polar surface area (TPSA) is 60.5 Å². The van der Waals surface area contributed by atoms with Crippen molar-refractivity contribution < 1.29 is 23.7 Å². The van der Waals surface area contributed by atoms with Crippen molar-refractivity contribution in [3.8, 4) is 11.5 Å². The monoisotopic (exact) mass is 446 g/mol.